The number of rotatable bonds is 4. The molecule has 1 aromatic heterocycles. The Morgan fingerprint density at radius 2 is 2.00 bits per heavy atom. The maximum absolute atomic E-state index is 11.8. The molecule has 0 aliphatic rings. The average molecular weight is 215 g/mol. The first-order valence-corrected chi connectivity index (χ1v) is 5.92. The summed E-state index contributed by atoms with van der Waals surface area (Å²) in [5.74, 6) is 0. The van der Waals surface area contributed by atoms with Gasteiger partial charge in [-0.3, -0.25) is 4.79 Å². The Bertz CT molecular complexity index is 527. The molecule has 0 aliphatic carbocycles. The third-order valence-corrected chi connectivity index (χ3v) is 2.84. The van der Waals surface area contributed by atoms with E-state index >= 15 is 0 Å². The van der Waals surface area contributed by atoms with E-state index in [9.17, 15) is 4.79 Å². The lowest BCUT2D eigenvalue weighted by Crippen LogP contribution is -2.04. The van der Waals surface area contributed by atoms with Crippen LogP contribution in [0.3, 0.4) is 0 Å². The van der Waals surface area contributed by atoms with Crippen LogP contribution in [0.2, 0.25) is 0 Å². The standard InChI is InChI=1S/C14H17NO/c1-2-3-4-7-11-10-14(16)12-8-5-6-9-13(12)15-11/h5-6,8-10H,2-4,7H2,1H3,(H,15,16). The molecular formula is C14H17NO. The fourth-order valence-electron chi connectivity index (χ4n) is 1.95. The second-order valence-electron chi connectivity index (χ2n) is 4.16. The van der Waals surface area contributed by atoms with Crippen LogP contribution in [0.25, 0.3) is 10.9 Å². The van der Waals surface area contributed by atoms with Crippen molar-refractivity contribution in [2.45, 2.75) is 32.6 Å². The molecule has 0 amide bonds. The van der Waals surface area contributed by atoms with Crippen LogP contribution in [0.15, 0.2) is 35.1 Å². The molecule has 1 aromatic carbocycles. The van der Waals surface area contributed by atoms with Crippen molar-refractivity contribution in [2.75, 3.05) is 0 Å². The summed E-state index contributed by atoms with van der Waals surface area (Å²) in [5.41, 5.74) is 2.12. The summed E-state index contributed by atoms with van der Waals surface area (Å²) in [7, 11) is 0. The number of hydrogen-bond donors (Lipinski definition) is 1. The second kappa shape index (κ2) is 4.97. The molecule has 0 aliphatic heterocycles. The highest BCUT2D eigenvalue weighted by atomic mass is 16.1. The van der Waals surface area contributed by atoms with Crippen LogP contribution in [0.5, 0.6) is 0 Å². The van der Waals surface area contributed by atoms with Crippen LogP contribution in [-0.2, 0) is 6.42 Å². The molecule has 0 atom stereocenters. The summed E-state index contributed by atoms with van der Waals surface area (Å²) in [4.78, 5) is 15.1. The summed E-state index contributed by atoms with van der Waals surface area (Å²) >= 11 is 0. The molecule has 0 spiro atoms. The molecule has 0 radical (unpaired) electrons. The molecule has 1 N–H and O–H groups in total. The van der Waals surface area contributed by atoms with E-state index in [-0.39, 0.29) is 5.43 Å². The molecule has 2 rings (SSSR count). The van der Waals surface area contributed by atoms with Crippen LogP contribution in [0.1, 0.15) is 31.9 Å². The first-order valence-electron chi connectivity index (χ1n) is 5.92. The number of para-hydroxylation sites is 1. The monoisotopic (exact) mass is 215 g/mol. The summed E-state index contributed by atoms with van der Waals surface area (Å²) in [5, 5.41) is 0.779. The van der Waals surface area contributed by atoms with Gasteiger partial charge in [0.05, 0.1) is 0 Å². The number of H-pyrrole nitrogens is 1. The summed E-state index contributed by atoms with van der Waals surface area (Å²) in [6, 6.07) is 9.41. The Balaban J connectivity index is 2.31. The Kier molecular flexibility index (Phi) is 3.40. The number of benzene rings is 1. The third kappa shape index (κ3) is 2.32. The first-order chi connectivity index (χ1) is 7.81. The quantitative estimate of drug-likeness (QED) is 0.780. The fourth-order valence-corrected chi connectivity index (χ4v) is 1.95. The van der Waals surface area contributed by atoms with E-state index in [2.05, 4.69) is 11.9 Å². The number of hydrogen-bond acceptors (Lipinski definition) is 1. The predicted molar refractivity (Wildman–Crippen MR) is 67.8 cm³/mol. The van der Waals surface area contributed by atoms with Gasteiger partial charge in [-0.15, -0.1) is 0 Å². The Hall–Kier alpha value is -1.57. The highest BCUT2D eigenvalue weighted by molar-refractivity contribution is 5.78. The van der Waals surface area contributed by atoms with Crippen molar-refractivity contribution in [2.24, 2.45) is 0 Å². The molecule has 0 saturated carbocycles. The number of aryl methyl sites for hydroxylation is 1. The van der Waals surface area contributed by atoms with Gasteiger partial charge in [0.25, 0.3) is 0 Å². The molecule has 2 nitrogen and oxygen atoms in total. The number of aromatic amines is 1. The van der Waals surface area contributed by atoms with Crippen molar-refractivity contribution in [3.05, 3.63) is 46.2 Å². The van der Waals surface area contributed by atoms with Crippen molar-refractivity contribution < 1.29 is 0 Å². The normalized spacial score (nSPS) is 10.8. The van der Waals surface area contributed by atoms with Gasteiger partial charge < -0.3 is 4.98 Å². The van der Waals surface area contributed by atoms with Gasteiger partial charge in [-0.05, 0) is 25.0 Å². The maximum atomic E-state index is 11.8. The first kappa shape index (κ1) is 10.9. The molecular weight excluding hydrogens is 198 g/mol. The summed E-state index contributed by atoms with van der Waals surface area (Å²) in [6.45, 7) is 2.18. The van der Waals surface area contributed by atoms with Gasteiger partial charge in [0, 0.05) is 22.7 Å². The lowest BCUT2D eigenvalue weighted by Gasteiger charge is -2.03. The lowest BCUT2D eigenvalue weighted by atomic mass is 10.1. The van der Waals surface area contributed by atoms with E-state index in [1.807, 2.05) is 24.3 Å². The number of pyridine rings is 1. The summed E-state index contributed by atoms with van der Waals surface area (Å²) in [6.07, 6.45) is 4.53. The lowest BCUT2D eigenvalue weighted by molar-refractivity contribution is 0.708. The Morgan fingerprint density at radius 1 is 1.19 bits per heavy atom. The molecule has 2 heteroatoms. The summed E-state index contributed by atoms with van der Waals surface area (Å²) < 4.78 is 0. The molecule has 16 heavy (non-hydrogen) atoms. The van der Waals surface area contributed by atoms with E-state index in [0.29, 0.717) is 0 Å². The van der Waals surface area contributed by atoms with Gasteiger partial charge in [-0.2, -0.15) is 0 Å². The third-order valence-electron chi connectivity index (χ3n) is 2.84. The molecule has 84 valence electrons. The van der Waals surface area contributed by atoms with E-state index in [4.69, 9.17) is 0 Å². The van der Waals surface area contributed by atoms with Crippen LogP contribution in [-0.4, -0.2) is 4.98 Å². The molecule has 1 heterocycles. The molecule has 0 bridgehead atoms. The van der Waals surface area contributed by atoms with Crippen molar-refractivity contribution >= 4 is 10.9 Å². The smallest absolute Gasteiger partial charge is 0.189 e. The molecule has 0 fully saturated rings. The highest BCUT2D eigenvalue weighted by Gasteiger charge is 2.00. The fraction of sp³-hybridized carbons (Fsp3) is 0.357. The van der Waals surface area contributed by atoms with Crippen LogP contribution in [0.4, 0.5) is 0 Å². The number of nitrogens with one attached hydrogen (secondary N) is 1. The molecule has 0 unspecified atom stereocenters. The minimum absolute atomic E-state index is 0.126. The number of unbranched alkanes of at least 4 members (excludes halogenated alkanes) is 2. The minimum atomic E-state index is 0.126. The van der Waals surface area contributed by atoms with Crippen LogP contribution >= 0.6 is 0 Å². The van der Waals surface area contributed by atoms with Gasteiger partial charge in [0.1, 0.15) is 0 Å². The van der Waals surface area contributed by atoms with Gasteiger partial charge in [-0.25, -0.2) is 0 Å². The maximum Gasteiger partial charge on any atom is 0.189 e. The molecule has 2 aromatic rings. The second-order valence-corrected chi connectivity index (χ2v) is 4.16. The SMILES string of the molecule is CCCCCc1cc(=O)c2ccccc2[nH]1. The van der Waals surface area contributed by atoms with Gasteiger partial charge in [0.2, 0.25) is 0 Å². The van der Waals surface area contributed by atoms with Crippen LogP contribution in [0, 0.1) is 0 Å². The highest BCUT2D eigenvalue weighted by Crippen LogP contribution is 2.09. The van der Waals surface area contributed by atoms with Crippen LogP contribution < -0.4 is 5.43 Å². The van der Waals surface area contributed by atoms with E-state index in [0.717, 1.165) is 29.4 Å². The van der Waals surface area contributed by atoms with Gasteiger partial charge >= 0.3 is 0 Å². The van der Waals surface area contributed by atoms with E-state index in [1.54, 1.807) is 6.07 Å². The number of fused-ring (bicyclic) bond motifs is 1. The minimum Gasteiger partial charge on any atom is -0.358 e. The average Bonchev–Trinajstić information content (AvgIpc) is 2.30. The largest absolute Gasteiger partial charge is 0.358 e. The zero-order valence-corrected chi connectivity index (χ0v) is 9.62. The zero-order chi connectivity index (χ0) is 11.4. The van der Waals surface area contributed by atoms with Crippen molar-refractivity contribution in [1.82, 2.24) is 4.98 Å². The Morgan fingerprint density at radius 3 is 2.81 bits per heavy atom. The van der Waals surface area contributed by atoms with Gasteiger partial charge in [0.15, 0.2) is 5.43 Å². The van der Waals surface area contributed by atoms with Crippen molar-refractivity contribution in [3.8, 4) is 0 Å². The van der Waals surface area contributed by atoms with E-state index < -0.39 is 0 Å². The number of aromatic nitrogens is 1. The van der Waals surface area contributed by atoms with Crippen molar-refractivity contribution in [3.63, 3.8) is 0 Å². The topological polar surface area (TPSA) is 32.9 Å². The van der Waals surface area contributed by atoms with Crippen molar-refractivity contribution in [1.29, 1.82) is 0 Å². The zero-order valence-electron chi connectivity index (χ0n) is 9.62. The predicted octanol–water partition coefficient (Wildman–Crippen LogP) is 3.26. The van der Waals surface area contributed by atoms with E-state index in [1.165, 1.54) is 12.8 Å². The Labute approximate surface area is 95.3 Å². The van der Waals surface area contributed by atoms with Gasteiger partial charge in [-0.1, -0.05) is 31.9 Å². The molecule has 0 saturated heterocycles.